The van der Waals surface area contributed by atoms with Crippen LogP contribution in [-0.4, -0.2) is 34.2 Å². The number of aliphatic hydroxyl groups is 1. The Morgan fingerprint density at radius 3 is 2.33 bits per heavy atom. The summed E-state index contributed by atoms with van der Waals surface area (Å²) in [5.74, 6) is 0. The molecule has 0 radical (unpaired) electrons. The maximum absolute atomic E-state index is 9.44. The van der Waals surface area contributed by atoms with Crippen LogP contribution in [0.3, 0.4) is 0 Å². The first-order valence-electron chi connectivity index (χ1n) is 4.86. The Bertz CT molecular complexity index is 150. The Kier molecular flexibility index (Phi) is 2.79. The van der Waals surface area contributed by atoms with Crippen LogP contribution in [0, 0.1) is 0 Å². The fraction of sp³-hybridized carbons (Fsp3) is 1.00. The minimum Gasteiger partial charge on any atom is -0.393 e. The topological polar surface area (TPSA) is 23.5 Å². The summed E-state index contributed by atoms with van der Waals surface area (Å²) in [5, 5.41) is 9.44. The molecule has 1 fully saturated rings. The first kappa shape index (κ1) is 10.0. The molecular weight excluding hydrogens is 150 g/mol. The lowest BCUT2D eigenvalue weighted by molar-refractivity contribution is 0.000143. The third-order valence-corrected chi connectivity index (χ3v) is 2.71. The van der Waals surface area contributed by atoms with Gasteiger partial charge in [0.05, 0.1) is 6.10 Å². The standard InChI is InChI=1S/C10H21NO/c1-8-7-9(12)5-6-11(8)10(2,3)4/h8-9,12H,5-7H2,1-4H3/t8-,9-/m0/s1. The van der Waals surface area contributed by atoms with Crippen LogP contribution < -0.4 is 0 Å². The third kappa shape index (κ3) is 2.20. The number of piperidine rings is 1. The zero-order chi connectivity index (χ0) is 9.35. The molecule has 2 nitrogen and oxygen atoms in total. The Balaban J connectivity index is 2.57. The summed E-state index contributed by atoms with van der Waals surface area (Å²) < 4.78 is 0. The van der Waals surface area contributed by atoms with E-state index in [0.717, 1.165) is 19.4 Å². The zero-order valence-corrected chi connectivity index (χ0v) is 8.67. The Labute approximate surface area is 75.6 Å². The number of likely N-dealkylation sites (tertiary alicyclic amines) is 1. The van der Waals surface area contributed by atoms with Gasteiger partial charge in [0.2, 0.25) is 0 Å². The van der Waals surface area contributed by atoms with Crippen LogP contribution in [0.2, 0.25) is 0 Å². The number of hydrogen-bond acceptors (Lipinski definition) is 2. The first-order chi connectivity index (χ1) is 5.41. The second kappa shape index (κ2) is 3.35. The molecule has 1 aliphatic heterocycles. The highest BCUT2D eigenvalue weighted by Crippen LogP contribution is 2.25. The predicted octanol–water partition coefficient (Wildman–Crippen LogP) is 1.63. The van der Waals surface area contributed by atoms with Crippen molar-refractivity contribution in [2.24, 2.45) is 0 Å². The van der Waals surface area contributed by atoms with Gasteiger partial charge in [0.15, 0.2) is 0 Å². The van der Waals surface area contributed by atoms with Crippen molar-refractivity contribution in [1.82, 2.24) is 4.90 Å². The molecule has 12 heavy (non-hydrogen) atoms. The van der Waals surface area contributed by atoms with Gasteiger partial charge in [-0.15, -0.1) is 0 Å². The van der Waals surface area contributed by atoms with E-state index in [1.54, 1.807) is 0 Å². The van der Waals surface area contributed by atoms with Gasteiger partial charge in [-0.1, -0.05) is 0 Å². The van der Waals surface area contributed by atoms with Crippen molar-refractivity contribution in [3.63, 3.8) is 0 Å². The Morgan fingerprint density at radius 1 is 1.33 bits per heavy atom. The second-order valence-electron chi connectivity index (χ2n) is 4.89. The molecule has 0 amide bonds. The van der Waals surface area contributed by atoms with Crippen LogP contribution in [0.25, 0.3) is 0 Å². The van der Waals surface area contributed by atoms with E-state index in [-0.39, 0.29) is 11.6 Å². The Hall–Kier alpha value is -0.0800. The van der Waals surface area contributed by atoms with E-state index in [0.29, 0.717) is 6.04 Å². The zero-order valence-electron chi connectivity index (χ0n) is 8.67. The smallest absolute Gasteiger partial charge is 0.0567 e. The molecule has 1 N–H and O–H groups in total. The first-order valence-corrected chi connectivity index (χ1v) is 4.86. The van der Waals surface area contributed by atoms with E-state index in [2.05, 4.69) is 32.6 Å². The van der Waals surface area contributed by atoms with Crippen LogP contribution in [0.15, 0.2) is 0 Å². The van der Waals surface area contributed by atoms with E-state index in [1.807, 2.05) is 0 Å². The summed E-state index contributed by atoms with van der Waals surface area (Å²) >= 11 is 0. The lowest BCUT2D eigenvalue weighted by Crippen LogP contribution is -2.52. The minimum absolute atomic E-state index is 0.0707. The molecule has 0 spiro atoms. The van der Waals surface area contributed by atoms with E-state index in [4.69, 9.17) is 0 Å². The average Bonchev–Trinajstić information content (AvgIpc) is 1.83. The van der Waals surface area contributed by atoms with Crippen molar-refractivity contribution >= 4 is 0 Å². The summed E-state index contributed by atoms with van der Waals surface area (Å²) in [6.07, 6.45) is 1.79. The normalized spacial score (nSPS) is 33.8. The number of rotatable bonds is 0. The van der Waals surface area contributed by atoms with E-state index < -0.39 is 0 Å². The maximum Gasteiger partial charge on any atom is 0.0567 e. The maximum atomic E-state index is 9.44. The van der Waals surface area contributed by atoms with Gasteiger partial charge in [0.1, 0.15) is 0 Å². The molecule has 0 unspecified atom stereocenters. The van der Waals surface area contributed by atoms with Gasteiger partial charge in [0, 0.05) is 18.1 Å². The van der Waals surface area contributed by atoms with Gasteiger partial charge in [-0.05, 0) is 40.5 Å². The monoisotopic (exact) mass is 171 g/mol. The summed E-state index contributed by atoms with van der Waals surface area (Å²) in [5.41, 5.74) is 0.250. The van der Waals surface area contributed by atoms with Crippen molar-refractivity contribution in [1.29, 1.82) is 0 Å². The summed E-state index contributed by atoms with van der Waals surface area (Å²) in [4.78, 5) is 2.47. The number of aliphatic hydroxyl groups excluding tert-OH is 1. The van der Waals surface area contributed by atoms with Crippen molar-refractivity contribution in [3.8, 4) is 0 Å². The molecule has 72 valence electrons. The van der Waals surface area contributed by atoms with Gasteiger partial charge in [-0.2, -0.15) is 0 Å². The molecule has 2 atom stereocenters. The highest BCUT2D eigenvalue weighted by Gasteiger charge is 2.31. The molecule has 0 bridgehead atoms. The molecule has 0 aliphatic carbocycles. The lowest BCUT2D eigenvalue weighted by atomic mass is 9.94. The molecule has 0 aromatic heterocycles. The molecule has 0 aromatic carbocycles. The summed E-state index contributed by atoms with van der Waals surface area (Å²) in [6.45, 7) is 9.95. The Morgan fingerprint density at radius 2 is 1.92 bits per heavy atom. The predicted molar refractivity (Wildman–Crippen MR) is 51.2 cm³/mol. The van der Waals surface area contributed by atoms with Crippen LogP contribution in [0.1, 0.15) is 40.5 Å². The molecule has 0 aromatic rings. The molecule has 2 heteroatoms. The molecular formula is C10H21NO. The van der Waals surface area contributed by atoms with Crippen molar-refractivity contribution in [3.05, 3.63) is 0 Å². The third-order valence-electron chi connectivity index (χ3n) is 2.71. The summed E-state index contributed by atoms with van der Waals surface area (Å²) in [6, 6.07) is 0.522. The van der Waals surface area contributed by atoms with Gasteiger partial charge in [-0.3, -0.25) is 4.90 Å². The molecule has 1 aliphatic rings. The summed E-state index contributed by atoms with van der Waals surface area (Å²) in [7, 11) is 0. The van der Waals surface area contributed by atoms with E-state index >= 15 is 0 Å². The largest absolute Gasteiger partial charge is 0.393 e. The van der Waals surface area contributed by atoms with Gasteiger partial charge >= 0.3 is 0 Å². The van der Waals surface area contributed by atoms with Crippen LogP contribution in [0.5, 0.6) is 0 Å². The quantitative estimate of drug-likeness (QED) is 0.599. The van der Waals surface area contributed by atoms with Crippen molar-refractivity contribution in [2.45, 2.75) is 58.2 Å². The van der Waals surface area contributed by atoms with Gasteiger partial charge < -0.3 is 5.11 Å². The molecule has 1 rings (SSSR count). The average molecular weight is 171 g/mol. The van der Waals surface area contributed by atoms with Crippen molar-refractivity contribution < 1.29 is 5.11 Å². The van der Waals surface area contributed by atoms with Crippen molar-refractivity contribution in [2.75, 3.05) is 6.54 Å². The highest BCUT2D eigenvalue weighted by atomic mass is 16.3. The highest BCUT2D eigenvalue weighted by molar-refractivity contribution is 4.86. The second-order valence-corrected chi connectivity index (χ2v) is 4.89. The molecule has 1 heterocycles. The fourth-order valence-corrected chi connectivity index (χ4v) is 2.14. The molecule has 0 saturated carbocycles. The van der Waals surface area contributed by atoms with E-state index in [1.165, 1.54) is 0 Å². The SMILES string of the molecule is C[C@H]1C[C@@H](O)CCN1C(C)(C)C. The van der Waals surface area contributed by atoms with Crippen LogP contribution >= 0.6 is 0 Å². The molecule has 1 saturated heterocycles. The minimum atomic E-state index is -0.0707. The van der Waals surface area contributed by atoms with Crippen LogP contribution in [0.4, 0.5) is 0 Å². The number of nitrogens with zero attached hydrogens (tertiary/aromatic N) is 1. The fourth-order valence-electron chi connectivity index (χ4n) is 2.14. The van der Waals surface area contributed by atoms with Gasteiger partial charge in [0.25, 0.3) is 0 Å². The van der Waals surface area contributed by atoms with Gasteiger partial charge in [-0.25, -0.2) is 0 Å². The number of hydrogen-bond donors (Lipinski definition) is 1. The lowest BCUT2D eigenvalue weighted by Gasteiger charge is -2.44. The van der Waals surface area contributed by atoms with Crippen LogP contribution in [-0.2, 0) is 0 Å². The van der Waals surface area contributed by atoms with E-state index in [9.17, 15) is 5.11 Å².